The number of carbonyl (C=O) groups excluding carboxylic acids is 2. The molecule has 0 aliphatic carbocycles. The molecular weight excluding hydrogens is 599 g/mol. The number of benzene rings is 3. The standard InChI is InChI=1S/C35H32F3N3O3S/c1-34(2,3)41-31(42)23-10-8-9-22(19-23)26-20-27-29(32(43)39-4)30(44-33(27)40-28(26)17-18-35(36,37)38)21-13-15-25(16-14-21)45-24-11-6-5-7-12-24/h5-16,19-20H,17-18H2,1-4H3,(H,39,43)(H,41,42). The van der Waals surface area contributed by atoms with Crippen LogP contribution >= 0.6 is 11.8 Å². The summed E-state index contributed by atoms with van der Waals surface area (Å²) in [7, 11) is 1.49. The first-order valence-electron chi connectivity index (χ1n) is 14.3. The number of pyridine rings is 1. The fourth-order valence-electron chi connectivity index (χ4n) is 4.85. The Morgan fingerprint density at radius 1 is 0.844 bits per heavy atom. The van der Waals surface area contributed by atoms with Gasteiger partial charge < -0.3 is 15.1 Å². The van der Waals surface area contributed by atoms with Crippen LogP contribution in [0.25, 0.3) is 33.6 Å². The number of furan rings is 1. The molecule has 2 amide bonds. The van der Waals surface area contributed by atoms with E-state index in [1.807, 2.05) is 75.4 Å². The molecule has 232 valence electrons. The van der Waals surface area contributed by atoms with Gasteiger partial charge in [0.15, 0.2) is 0 Å². The molecule has 10 heteroatoms. The van der Waals surface area contributed by atoms with Crippen molar-refractivity contribution in [1.82, 2.24) is 15.6 Å². The maximum Gasteiger partial charge on any atom is 0.389 e. The molecule has 2 N–H and O–H groups in total. The molecule has 0 atom stereocenters. The highest BCUT2D eigenvalue weighted by atomic mass is 32.2. The summed E-state index contributed by atoms with van der Waals surface area (Å²) in [6, 6.07) is 25.6. The van der Waals surface area contributed by atoms with Gasteiger partial charge in [-0.25, -0.2) is 4.98 Å². The van der Waals surface area contributed by atoms with E-state index in [2.05, 4.69) is 15.6 Å². The van der Waals surface area contributed by atoms with Crippen molar-refractivity contribution in [1.29, 1.82) is 0 Å². The lowest BCUT2D eigenvalue weighted by molar-refractivity contribution is -0.134. The quantitative estimate of drug-likeness (QED) is 0.179. The lowest BCUT2D eigenvalue weighted by Gasteiger charge is -2.20. The first-order chi connectivity index (χ1) is 21.3. The van der Waals surface area contributed by atoms with Gasteiger partial charge in [0.1, 0.15) is 5.76 Å². The predicted molar refractivity (Wildman–Crippen MR) is 170 cm³/mol. The van der Waals surface area contributed by atoms with Crippen LogP contribution in [-0.2, 0) is 6.42 Å². The third-order valence-electron chi connectivity index (χ3n) is 6.88. The number of rotatable bonds is 8. The SMILES string of the molecule is CNC(=O)c1c(-c2ccc(Sc3ccccc3)cc2)oc2nc(CCC(F)(F)F)c(-c3cccc(C(=O)NC(C)(C)C)c3)cc12. The Labute approximate surface area is 263 Å². The van der Waals surface area contributed by atoms with Crippen molar-refractivity contribution in [3.63, 3.8) is 0 Å². The molecule has 0 aliphatic heterocycles. The van der Waals surface area contributed by atoms with Crippen molar-refractivity contribution in [2.45, 2.75) is 55.1 Å². The van der Waals surface area contributed by atoms with E-state index in [9.17, 15) is 22.8 Å². The first kappa shape index (κ1) is 31.8. The van der Waals surface area contributed by atoms with Gasteiger partial charge >= 0.3 is 6.18 Å². The van der Waals surface area contributed by atoms with Crippen molar-refractivity contribution in [3.8, 4) is 22.5 Å². The van der Waals surface area contributed by atoms with E-state index in [1.165, 1.54) is 7.05 Å². The Morgan fingerprint density at radius 2 is 1.53 bits per heavy atom. The smallest absolute Gasteiger partial charge is 0.389 e. The van der Waals surface area contributed by atoms with Gasteiger partial charge in [0.2, 0.25) is 5.71 Å². The third kappa shape index (κ3) is 7.75. The molecule has 0 unspecified atom stereocenters. The molecule has 0 spiro atoms. The number of carbonyl (C=O) groups is 2. The average Bonchev–Trinajstić information content (AvgIpc) is 3.37. The van der Waals surface area contributed by atoms with E-state index in [-0.39, 0.29) is 28.6 Å². The van der Waals surface area contributed by atoms with Crippen LogP contribution in [0.1, 0.15) is 53.6 Å². The first-order valence-corrected chi connectivity index (χ1v) is 15.1. The summed E-state index contributed by atoms with van der Waals surface area (Å²) >= 11 is 1.58. The number of aromatic nitrogens is 1. The monoisotopic (exact) mass is 631 g/mol. The predicted octanol–water partition coefficient (Wildman–Crippen LogP) is 8.70. The summed E-state index contributed by atoms with van der Waals surface area (Å²) in [6.07, 6.45) is -5.92. The van der Waals surface area contributed by atoms with Crippen LogP contribution in [0.3, 0.4) is 0 Å². The molecular formula is C35H32F3N3O3S. The second-order valence-electron chi connectivity index (χ2n) is 11.6. The molecule has 0 bridgehead atoms. The summed E-state index contributed by atoms with van der Waals surface area (Å²) in [5.41, 5.74) is 1.76. The zero-order valence-electron chi connectivity index (χ0n) is 25.2. The molecule has 2 aromatic heterocycles. The van der Waals surface area contributed by atoms with Gasteiger partial charge in [-0.1, -0.05) is 54.2 Å². The normalized spacial score (nSPS) is 11.9. The van der Waals surface area contributed by atoms with Crippen LogP contribution in [0.15, 0.2) is 99.1 Å². The average molecular weight is 632 g/mol. The Bertz CT molecular complexity index is 1840. The summed E-state index contributed by atoms with van der Waals surface area (Å²) in [4.78, 5) is 32.8. The van der Waals surface area contributed by atoms with Crippen LogP contribution in [0.5, 0.6) is 0 Å². The van der Waals surface area contributed by atoms with Crippen molar-refractivity contribution >= 4 is 34.7 Å². The van der Waals surface area contributed by atoms with Crippen LogP contribution in [0.2, 0.25) is 0 Å². The maximum atomic E-state index is 13.4. The third-order valence-corrected chi connectivity index (χ3v) is 7.90. The number of hydrogen-bond acceptors (Lipinski definition) is 5. The largest absolute Gasteiger partial charge is 0.437 e. The number of hydrogen-bond donors (Lipinski definition) is 2. The van der Waals surface area contributed by atoms with Crippen molar-refractivity contribution in [3.05, 3.63) is 102 Å². The molecule has 3 aromatic carbocycles. The van der Waals surface area contributed by atoms with E-state index in [0.717, 1.165) is 9.79 Å². The molecule has 45 heavy (non-hydrogen) atoms. The number of aryl methyl sites for hydroxylation is 1. The Hall–Kier alpha value is -4.57. The van der Waals surface area contributed by atoms with Gasteiger partial charge in [0, 0.05) is 45.5 Å². The Balaban J connectivity index is 1.62. The number of nitrogens with zero attached hydrogens (tertiary/aromatic N) is 1. The minimum atomic E-state index is -4.41. The lowest BCUT2D eigenvalue weighted by atomic mass is 9.96. The highest BCUT2D eigenvalue weighted by molar-refractivity contribution is 7.99. The van der Waals surface area contributed by atoms with Gasteiger partial charge in [-0.3, -0.25) is 9.59 Å². The van der Waals surface area contributed by atoms with Crippen LogP contribution in [-0.4, -0.2) is 35.6 Å². The number of alkyl halides is 3. The number of nitrogens with one attached hydrogen (secondary N) is 2. The minimum Gasteiger partial charge on any atom is -0.437 e. The molecule has 5 aromatic rings. The zero-order chi connectivity index (χ0) is 32.4. The maximum absolute atomic E-state index is 13.4. The van der Waals surface area contributed by atoms with E-state index < -0.39 is 30.5 Å². The Kier molecular flexibility index (Phi) is 9.06. The van der Waals surface area contributed by atoms with Crippen LogP contribution in [0.4, 0.5) is 13.2 Å². The molecule has 0 saturated heterocycles. The highest BCUT2D eigenvalue weighted by Gasteiger charge is 2.29. The number of amides is 2. The second kappa shape index (κ2) is 12.8. The zero-order valence-corrected chi connectivity index (χ0v) is 26.0. The fourth-order valence-corrected chi connectivity index (χ4v) is 5.69. The molecule has 2 heterocycles. The van der Waals surface area contributed by atoms with Gasteiger partial charge in [-0.05, 0) is 75.2 Å². The van der Waals surface area contributed by atoms with Gasteiger partial charge in [0.25, 0.3) is 11.8 Å². The Morgan fingerprint density at radius 3 is 2.18 bits per heavy atom. The fraction of sp³-hybridized carbons (Fsp3) is 0.229. The van der Waals surface area contributed by atoms with E-state index in [1.54, 1.807) is 42.1 Å². The summed E-state index contributed by atoms with van der Waals surface area (Å²) in [5.74, 6) is -0.494. The summed E-state index contributed by atoms with van der Waals surface area (Å²) in [6.45, 7) is 5.57. The topological polar surface area (TPSA) is 84.2 Å². The van der Waals surface area contributed by atoms with E-state index >= 15 is 0 Å². The van der Waals surface area contributed by atoms with Crippen molar-refractivity contribution < 1.29 is 27.2 Å². The van der Waals surface area contributed by atoms with Crippen LogP contribution in [0, 0.1) is 0 Å². The van der Waals surface area contributed by atoms with Crippen molar-refractivity contribution in [2.75, 3.05) is 7.05 Å². The molecule has 6 nitrogen and oxygen atoms in total. The van der Waals surface area contributed by atoms with E-state index in [0.29, 0.717) is 27.6 Å². The molecule has 5 rings (SSSR count). The summed E-state index contributed by atoms with van der Waals surface area (Å²) in [5, 5.41) is 5.90. The van der Waals surface area contributed by atoms with Crippen LogP contribution < -0.4 is 10.6 Å². The molecule has 0 fully saturated rings. The van der Waals surface area contributed by atoms with Gasteiger partial charge in [0.05, 0.1) is 16.6 Å². The van der Waals surface area contributed by atoms with Crippen molar-refractivity contribution in [2.24, 2.45) is 0 Å². The summed E-state index contributed by atoms with van der Waals surface area (Å²) < 4.78 is 46.2. The molecule has 0 radical (unpaired) electrons. The van der Waals surface area contributed by atoms with E-state index in [4.69, 9.17) is 4.42 Å². The van der Waals surface area contributed by atoms with Gasteiger partial charge in [-0.15, -0.1) is 0 Å². The van der Waals surface area contributed by atoms with Gasteiger partial charge in [-0.2, -0.15) is 13.2 Å². The number of fused-ring (bicyclic) bond motifs is 1. The molecule has 0 aliphatic rings. The lowest BCUT2D eigenvalue weighted by Crippen LogP contribution is -2.40. The highest BCUT2D eigenvalue weighted by Crippen LogP contribution is 2.38. The molecule has 0 saturated carbocycles. The minimum absolute atomic E-state index is 0.0499. The second-order valence-corrected chi connectivity index (χ2v) is 12.7. The number of halogens is 3.